The predicted molar refractivity (Wildman–Crippen MR) is 49.2 cm³/mol. The van der Waals surface area contributed by atoms with Gasteiger partial charge in [0.15, 0.2) is 0 Å². The van der Waals surface area contributed by atoms with Gasteiger partial charge in [0.05, 0.1) is 0 Å². The van der Waals surface area contributed by atoms with Gasteiger partial charge in [-0.05, 0) is 12.1 Å². The molecule has 1 N–H and O–H groups in total. The summed E-state index contributed by atoms with van der Waals surface area (Å²) in [5, 5.41) is 6.18. The summed E-state index contributed by atoms with van der Waals surface area (Å²) in [5.41, 5.74) is 0.234. The fourth-order valence-electron chi connectivity index (χ4n) is 1.13. The van der Waals surface area contributed by atoms with E-state index in [1.807, 2.05) is 0 Å². The molecule has 4 nitrogen and oxygen atoms in total. The summed E-state index contributed by atoms with van der Waals surface area (Å²) in [6.07, 6.45) is 0. The Hall–Kier alpha value is -1.98. The number of nitrogens with zero attached hydrogens (tertiary/aromatic N) is 2. The first-order valence-electron chi connectivity index (χ1n) is 4.17. The molecule has 0 atom stereocenters. The lowest BCUT2D eigenvalue weighted by molar-refractivity contribution is 0.434. The zero-order valence-corrected chi connectivity index (χ0v) is 7.79. The van der Waals surface area contributed by atoms with Gasteiger partial charge in [0.2, 0.25) is 5.82 Å². The lowest BCUT2D eigenvalue weighted by Gasteiger charge is -1.95. The minimum absolute atomic E-state index is 0.137. The van der Waals surface area contributed by atoms with Crippen LogP contribution in [0.4, 0.5) is 14.8 Å². The third-order valence-corrected chi connectivity index (χ3v) is 1.76. The van der Waals surface area contributed by atoms with Crippen LogP contribution in [0.3, 0.4) is 0 Å². The van der Waals surface area contributed by atoms with Gasteiger partial charge in [0, 0.05) is 18.7 Å². The Morgan fingerprint density at radius 2 is 1.87 bits per heavy atom. The topological polar surface area (TPSA) is 51.0 Å². The van der Waals surface area contributed by atoms with Gasteiger partial charge in [-0.3, -0.25) is 0 Å². The van der Waals surface area contributed by atoms with Crippen LogP contribution in [0.2, 0.25) is 0 Å². The third kappa shape index (κ3) is 1.93. The van der Waals surface area contributed by atoms with E-state index in [4.69, 9.17) is 4.52 Å². The summed E-state index contributed by atoms with van der Waals surface area (Å²) >= 11 is 0. The molecular weight excluding hydrogens is 204 g/mol. The van der Waals surface area contributed by atoms with Crippen molar-refractivity contribution in [3.8, 4) is 11.4 Å². The maximum absolute atomic E-state index is 12.9. The summed E-state index contributed by atoms with van der Waals surface area (Å²) in [4.78, 5) is 3.86. The first kappa shape index (κ1) is 9.57. The molecular formula is C9H7F2N3O. The number of nitrogens with one attached hydrogen (secondary N) is 1. The molecule has 2 aromatic rings. The van der Waals surface area contributed by atoms with Crippen LogP contribution in [-0.4, -0.2) is 17.2 Å². The van der Waals surface area contributed by atoms with E-state index >= 15 is 0 Å². The smallest absolute Gasteiger partial charge is 0.321 e. The minimum atomic E-state index is -0.680. The molecule has 0 radical (unpaired) electrons. The van der Waals surface area contributed by atoms with Crippen LogP contribution in [0, 0.1) is 11.6 Å². The standard InChI is InChI=1S/C9H7F2N3O/c1-12-9-13-8(14-15-9)5-2-6(10)4-7(11)3-5/h2-4H,1H3,(H,12,13,14). The highest BCUT2D eigenvalue weighted by Gasteiger charge is 2.09. The molecule has 0 aliphatic rings. The van der Waals surface area contributed by atoms with Crippen LogP contribution in [0.5, 0.6) is 0 Å². The summed E-state index contributed by atoms with van der Waals surface area (Å²) in [5.74, 6) is -1.22. The van der Waals surface area contributed by atoms with Gasteiger partial charge in [0.25, 0.3) is 0 Å². The molecule has 0 saturated heterocycles. The average molecular weight is 211 g/mol. The van der Waals surface area contributed by atoms with Gasteiger partial charge < -0.3 is 9.84 Å². The Morgan fingerprint density at radius 3 is 2.40 bits per heavy atom. The molecule has 1 aromatic heterocycles. The van der Waals surface area contributed by atoms with E-state index in [1.165, 1.54) is 0 Å². The second-order valence-electron chi connectivity index (χ2n) is 2.83. The number of hydrogen-bond donors (Lipinski definition) is 1. The van der Waals surface area contributed by atoms with Gasteiger partial charge in [0.1, 0.15) is 11.6 Å². The normalized spacial score (nSPS) is 10.3. The Kier molecular flexibility index (Phi) is 2.32. The van der Waals surface area contributed by atoms with Crippen molar-refractivity contribution >= 4 is 6.01 Å². The second-order valence-corrected chi connectivity index (χ2v) is 2.83. The van der Waals surface area contributed by atoms with Crippen LogP contribution in [0.15, 0.2) is 22.7 Å². The Bertz CT molecular complexity index is 464. The molecule has 2 rings (SSSR count). The van der Waals surface area contributed by atoms with Crippen LogP contribution in [0.25, 0.3) is 11.4 Å². The fraction of sp³-hybridized carbons (Fsp3) is 0.111. The second kappa shape index (κ2) is 3.64. The minimum Gasteiger partial charge on any atom is -0.341 e. The van der Waals surface area contributed by atoms with E-state index in [1.54, 1.807) is 7.05 Å². The van der Waals surface area contributed by atoms with E-state index in [0.717, 1.165) is 18.2 Å². The Labute approximate surface area is 83.9 Å². The molecule has 0 aliphatic heterocycles. The van der Waals surface area contributed by atoms with E-state index in [9.17, 15) is 8.78 Å². The monoisotopic (exact) mass is 211 g/mol. The summed E-state index contributed by atoms with van der Waals surface area (Å²) < 4.78 is 30.5. The SMILES string of the molecule is CNc1nc(-c2cc(F)cc(F)c2)no1. The predicted octanol–water partition coefficient (Wildman–Crippen LogP) is 2.06. The fourth-order valence-corrected chi connectivity index (χ4v) is 1.13. The van der Waals surface area contributed by atoms with Crippen molar-refractivity contribution in [3.63, 3.8) is 0 Å². The number of benzene rings is 1. The molecule has 78 valence electrons. The molecule has 1 aromatic carbocycles. The number of hydrogen-bond acceptors (Lipinski definition) is 4. The number of halogens is 2. The highest BCUT2D eigenvalue weighted by Crippen LogP contribution is 2.19. The van der Waals surface area contributed by atoms with Crippen LogP contribution < -0.4 is 5.32 Å². The quantitative estimate of drug-likeness (QED) is 0.825. The molecule has 0 saturated carbocycles. The summed E-state index contributed by atoms with van der Waals surface area (Å²) in [6.45, 7) is 0. The first-order chi connectivity index (χ1) is 7.19. The van der Waals surface area contributed by atoms with Crippen molar-refractivity contribution in [1.82, 2.24) is 10.1 Å². The molecule has 0 unspecified atom stereocenters. The average Bonchev–Trinajstić information content (AvgIpc) is 2.64. The van der Waals surface area contributed by atoms with Crippen molar-refractivity contribution in [2.45, 2.75) is 0 Å². The molecule has 0 amide bonds. The largest absolute Gasteiger partial charge is 0.341 e. The van der Waals surface area contributed by atoms with E-state index in [2.05, 4.69) is 15.5 Å². The van der Waals surface area contributed by atoms with Crippen molar-refractivity contribution in [1.29, 1.82) is 0 Å². The molecule has 6 heteroatoms. The van der Waals surface area contributed by atoms with Crippen LogP contribution in [-0.2, 0) is 0 Å². The van der Waals surface area contributed by atoms with Crippen LogP contribution in [0.1, 0.15) is 0 Å². The zero-order valence-electron chi connectivity index (χ0n) is 7.79. The molecule has 0 aliphatic carbocycles. The summed E-state index contributed by atoms with van der Waals surface area (Å²) in [6, 6.07) is 3.23. The molecule has 15 heavy (non-hydrogen) atoms. The van der Waals surface area contributed by atoms with Crippen molar-refractivity contribution < 1.29 is 13.3 Å². The number of anilines is 1. The van der Waals surface area contributed by atoms with E-state index < -0.39 is 11.6 Å². The van der Waals surface area contributed by atoms with Crippen molar-refractivity contribution in [2.75, 3.05) is 12.4 Å². The maximum atomic E-state index is 12.9. The molecule has 0 spiro atoms. The third-order valence-electron chi connectivity index (χ3n) is 1.76. The highest BCUT2D eigenvalue weighted by molar-refractivity contribution is 5.55. The van der Waals surface area contributed by atoms with Gasteiger partial charge in [-0.15, -0.1) is 0 Å². The van der Waals surface area contributed by atoms with Gasteiger partial charge in [-0.2, -0.15) is 4.98 Å². The van der Waals surface area contributed by atoms with Gasteiger partial charge in [-0.25, -0.2) is 8.78 Å². The van der Waals surface area contributed by atoms with Gasteiger partial charge >= 0.3 is 6.01 Å². The van der Waals surface area contributed by atoms with E-state index in [-0.39, 0.29) is 17.4 Å². The Balaban J connectivity index is 2.44. The summed E-state index contributed by atoms with van der Waals surface area (Å²) in [7, 11) is 1.60. The molecule has 0 bridgehead atoms. The van der Waals surface area contributed by atoms with Crippen molar-refractivity contribution in [3.05, 3.63) is 29.8 Å². The highest BCUT2D eigenvalue weighted by atomic mass is 19.1. The lowest BCUT2D eigenvalue weighted by atomic mass is 10.2. The van der Waals surface area contributed by atoms with E-state index in [0.29, 0.717) is 0 Å². The first-order valence-corrected chi connectivity index (χ1v) is 4.17. The van der Waals surface area contributed by atoms with Crippen molar-refractivity contribution in [2.24, 2.45) is 0 Å². The number of aromatic nitrogens is 2. The lowest BCUT2D eigenvalue weighted by Crippen LogP contribution is -1.88. The zero-order chi connectivity index (χ0) is 10.8. The maximum Gasteiger partial charge on any atom is 0.321 e. The number of rotatable bonds is 2. The van der Waals surface area contributed by atoms with Gasteiger partial charge in [-0.1, -0.05) is 5.16 Å². The molecule has 1 heterocycles. The van der Waals surface area contributed by atoms with Crippen LogP contribution >= 0.6 is 0 Å². The Morgan fingerprint density at radius 1 is 1.20 bits per heavy atom. The molecule has 0 fully saturated rings.